The molecule has 1 aliphatic rings. The molecule has 1 N–H and O–H groups in total. The van der Waals surface area contributed by atoms with Gasteiger partial charge >= 0.3 is 11.9 Å². The van der Waals surface area contributed by atoms with E-state index in [1.165, 1.54) is 0 Å². The van der Waals surface area contributed by atoms with Gasteiger partial charge in [-0.05, 0) is 39.5 Å². The second-order valence-electron chi connectivity index (χ2n) is 4.19. The number of hydrogen-bond acceptors (Lipinski definition) is 6. The highest BCUT2D eigenvalue weighted by molar-refractivity contribution is 6.02. The predicted molar refractivity (Wildman–Crippen MR) is 63.4 cm³/mol. The van der Waals surface area contributed by atoms with Gasteiger partial charge in [-0.2, -0.15) is 0 Å². The van der Waals surface area contributed by atoms with Gasteiger partial charge in [0.25, 0.3) is 0 Å². The van der Waals surface area contributed by atoms with Crippen molar-refractivity contribution in [2.45, 2.75) is 39.5 Å². The van der Waals surface area contributed by atoms with Gasteiger partial charge in [-0.15, -0.1) is 0 Å². The molecule has 0 aliphatic heterocycles. The molecular weight excluding hydrogens is 238 g/mol. The molecule has 0 atom stereocenters. The van der Waals surface area contributed by atoms with Crippen molar-refractivity contribution in [3.63, 3.8) is 0 Å². The third-order valence-corrected chi connectivity index (χ3v) is 3.15. The van der Waals surface area contributed by atoms with Crippen LogP contribution in [0.4, 0.5) is 0 Å². The van der Waals surface area contributed by atoms with Crippen molar-refractivity contribution in [2.24, 2.45) is 10.6 Å². The standard InChI is InChI=1S/C12H19NO5/c1-3-17-10(14)12(11(15)18-4-2)7-5-9(13-16)6-8-12/h16H,3-8H2,1-2H3. The van der Waals surface area contributed by atoms with E-state index in [0.29, 0.717) is 18.6 Å². The highest BCUT2D eigenvalue weighted by atomic mass is 16.6. The lowest BCUT2D eigenvalue weighted by atomic mass is 9.73. The number of esters is 2. The van der Waals surface area contributed by atoms with Crippen LogP contribution in [0.25, 0.3) is 0 Å². The summed E-state index contributed by atoms with van der Waals surface area (Å²) in [7, 11) is 0. The average Bonchev–Trinajstić information content (AvgIpc) is 2.39. The Morgan fingerprint density at radius 3 is 1.94 bits per heavy atom. The molecule has 0 radical (unpaired) electrons. The van der Waals surface area contributed by atoms with Crippen LogP contribution in [0, 0.1) is 5.41 Å². The van der Waals surface area contributed by atoms with Crippen LogP contribution in [0.15, 0.2) is 5.16 Å². The monoisotopic (exact) mass is 257 g/mol. The maximum atomic E-state index is 12.0. The number of oxime groups is 1. The van der Waals surface area contributed by atoms with Gasteiger partial charge in [-0.25, -0.2) is 0 Å². The molecule has 0 heterocycles. The van der Waals surface area contributed by atoms with Crippen molar-refractivity contribution in [3.05, 3.63) is 0 Å². The Balaban J connectivity index is 2.89. The molecule has 102 valence electrons. The third kappa shape index (κ3) is 2.80. The maximum absolute atomic E-state index is 12.0. The van der Waals surface area contributed by atoms with Gasteiger partial charge in [-0.1, -0.05) is 5.16 Å². The van der Waals surface area contributed by atoms with Crippen LogP contribution in [0.2, 0.25) is 0 Å². The topological polar surface area (TPSA) is 85.2 Å². The van der Waals surface area contributed by atoms with Crippen LogP contribution < -0.4 is 0 Å². The normalized spacial score (nSPS) is 18.0. The summed E-state index contributed by atoms with van der Waals surface area (Å²) in [5.74, 6) is -1.08. The molecule has 0 unspecified atom stereocenters. The SMILES string of the molecule is CCOC(=O)C1(C(=O)OCC)CCC(=NO)CC1. The molecule has 0 aromatic heterocycles. The van der Waals surface area contributed by atoms with Gasteiger partial charge < -0.3 is 14.7 Å². The van der Waals surface area contributed by atoms with E-state index in [1.54, 1.807) is 13.8 Å². The molecule has 0 aromatic rings. The lowest BCUT2D eigenvalue weighted by Gasteiger charge is -2.32. The van der Waals surface area contributed by atoms with Gasteiger partial charge in [0, 0.05) is 0 Å². The molecule has 18 heavy (non-hydrogen) atoms. The van der Waals surface area contributed by atoms with Gasteiger partial charge in [0.2, 0.25) is 0 Å². The van der Waals surface area contributed by atoms with Gasteiger partial charge in [0.1, 0.15) is 0 Å². The minimum Gasteiger partial charge on any atom is -0.465 e. The molecule has 0 bridgehead atoms. The summed E-state index contributed by atoms with van der Waals surface area (Å²) in [5.41, 5.74) is -0.639. The Hall–Kier alpha value is -1.59. The smallest absolute Gasteiger partial charge is 0.323 e. The van der Waals surface area contributed by atoms with E-state index in [-0.39, 0.29) is 26.1 Å². The van der Waals surface area contributed by atoms with Crippen LogP contribution >= 0.6 is 0 Å². The van der Waals surface area contributed by atoms with Crippen molar-refractivity contribution in [1.82, 2.24) is 0 Å². The maximum Gasteiger partial charge on any atom is 0.323 e. The van der Waals surface area contributed by atoms with Gasteiger partial charge in [0.15, 0.2) is 5.41 Å². The highest BCUT2D eigenvalue weighted by Crippen LogP contribution is 2.38. The lowest BCUT2D eigenvalue weighted by Crippen LogP contribution is -2.45. The first-order valence-electron chi connectivity index (χ1n) is 6.15. The molecular formula is C12H19NO5. The second-order valence-corrected chi connectivity index (χ2v) is 4.19. The Morgan fingerprint density at radius 2 is 1.61 bits per heavy atom. The van der Waals surface area contributed by atoms with E-state index in [9.17, 15) is 9.59 Å². The molecule has 0 saturated heterocycles. The van der Waals surface area contributed by atoms with Crippen LogP contribution in [0.3, 0.4) is 0 Å². The quantitative estimate of drug-likeness (QED) is 0.357. The van der Waals surface area contributed by atoms with Crippen molar-refractivity contribution in [2.75, 3.05) is 13.2 Å². The average molecular weight is 257 g/mol. The van der Waals surface area contributed by atoms with E-state index < -0.39 is 17.4 Å². The summed E-state index contributed by atoms with van der Waals surface area (Å²) in [6.45, 7) is 3.84. The fourth-order valence-corrected chi connectivity index (χ4v) is 2.10. The summed E-state index contributed by atoms with van der Waals surface area (Å²) in [6.07, 6.45) is 1.33. The molecule has 0 amide bonds. The zero-order valence-electron chi connectivity index (χ0n) is 10.8. The molecule has 1 fully saturated rings. The van der Waals surface area contributed by atoms with Crippen LogP contribution in [-0.2, 0) is 19.1 Å². The minimum absolute atomic E-state index is 0.223. The van der Waals surface area contributed by atoms with Crippen LogP contribution in [0.5, 0.6) is 0 Å². The van der Waals surface area contributed by atoms with Crippen LogP contribution in [0.1, 0.15) is 39.5 Å². The van der Waals surface area contributed by atoms with E-state index in [1.807, 2.05) is 0 Å². The van der Waals surface area contributed by atoms with Crippen molar-refractivity contribution >= 4 is 17.7 Å². The summed E-state index contributed by atoms with van der Waals surface area (Å²) >= 11 is 0. The van der Waals surface area contributed by atoms with E-state index in [0.717, 1.165) is 0 Å². The second kappa shape index (κ2) is 6.37. The zero-order chi connectivity index (χ0) is 13.6. The fraction of sp³-hybridized carbons (Fsp3) is 0.750. The van der Waals surface area contributed by atoms with Crippen molar-refractivity contribution < 1.29 is 24.3 Å². The summed E-state index contributed by atoms with van der Waals surface area (Å²) < 4.78 is 9.96. The summed E-state index contributed by atoms with van der Waals surface area (Å²) in [5, 5.41) is 11.8. The Morgan fingerprint density at radius 1 is 1.17 bits per heavy atom. The lowest BCUT2D eigenvalue weighted by molar-refractivity contribution is -0.173. The predicted octanol–water partition coefficient (Wildman–Crippen LogP) is 1.50. The van der Waals surface area contributed by atoms with Crippen molar-refractivity contribution in [3.8, 4) is 0 Å². The first-order chi connectivity index (χ1) is 8.60. The molecule has 0 spiro atoms. The van der Waals surface area contributed by atoms with E-state index in [4.69, 9.17) is 14.7 Å². The Bertz CT molecular complexity index is 320. The zero-order valence-corrected chi connectivity index (χ0v) is 10.8. The largest absolute Gasteiger partial charge is 0.465 e. The molecule has 6 nitrogen and oxygen atoms in total. The Kier molecular flexibility index (Phi) is 5.12. The summed E-state index contributed by atoms with van der Waals surface area (Å²) in [6, 6.07) is 0. The minimum atomic E-state index is -1.24. The molecule has 1 rings (SSSR count). The number of carbonyl (C=O) groups excluding carboxylic acids is 2. The summed E-state index contributed by atoms with van der Waals surface area (Å²) in [4.78, 5) is 24.0. The fourth-order valence-electron chi connectivity index (χ4n) is 2.10. The molecule has 0 aromatic carbocycles. The number of hydrogen-bond donors (Lipinski definition) is 1. The highest BCUT2D eigenvalue weighted by Gasteiger charge is 2.50. The number of carbonyl (C=O) groups is 2. The van der Waals surface area contributed by atoms with Crippen molar-refractivity contribution in [1.29, 1.82) is 0 Å². The molecule has 6 heteroatoms. The van der Waals surface area contributed by atoms with E-state index in [2.05, 4.69) is 5.16 Å². The first-order valence-corrected chi connectivity index (χ1v) is 6.15. The number of ether oxygens (including phenoxy) is 2. The molecule has 1 saturated carbocycles. The van der Waals surface area contributed by atoms with E-state index >= 15 is 0 Å². The van der Waals surface area contributed by atoms with Crippen LogP contribution in [-0.4, -0.2) is 36.1 Å². The first kappa shape index (κ1) is 14.5. The van der Waals surface area contributed by atoms with Gasteiger partial charge in [0.05, 0.1) is 18.9 Å². The number of nitrogens with zero attached hydrogens (tertiary/aromatic N) is 1. The van der Waals surface area contributed by atoms with Gasteiger partial charge in [-0.3, -0.25) is 9.59 Å². The Labute approximate surface area is 106 Å². The third-order valence-electron chi connectivity index (χ3n) is 3.15. The number of rotatable bonds is 4. The molecule has 1 aliphatic carbocycles.